The van der Waals surface area contributed by atoms with Gasteiger partial charge < -0.3 is 5.32 Å². The third-order valence-electron chi connectivity index (χ3n) is 5.49. The number of anilines is 1. The van der Waals surface area contributed by atoms with Crippen LogP contribution in [0.15, 0.2) is 53.4 Å². The van der Waals surface area contributed by atoms with Crippen molar-refractivity contribution in [1.82, 2.24) is 5.32 Å². The second-order valence-electron chi connectivity index (χ2n) is 8.09. The van der Waals surface area contributed by atoms with Crippen molar-refractivity contribution in [3.05, 3.63) is 59.7 Å². The minimum Gasteiger partial charge on any atom is -0.354 e. The lowest BCUT2D eigenvalue weighted by molar-refractivity contribution is -0.137. The highest BCUT2D eigenvalue weighted by atomic mass is 32.2. The molecule has 1 N–H and O–H groups in total. The van der Waals surface area contributed by atoms with Gasteiger partial charge in [-0.1, -0.05) is 56.9 Å². The molecule has 0 saturated carbocycles. The first kappa shape index (κ1) is 26.7. The Morgan fingerprint density at radius 1 is 1.09 bits per heavy atom. The quantitative estimate of drug-likeness (QED) is 0.455. The molecule has 1 atom stereocenters. The third-order valence-corrected chi connectivity index (χ3v) is 7.28. The molecule has 0 spiro atoms. The second-order valence-corrected chi connectivity index (χ2v) is 9.96. The SMILES string of the molecule is CCCCC(CC)CNC(=O)CN(c1cccc(C(F)(F)F)c1)S(=O)(=O)c1ccc(C)cc1. The van der Waals surface area contributed by atoms with E-state index in [9.17, 15) is 26.4 Å². The zero-order valence-corrected chi connectivity index (χ0v) is 20.0. The topological polar surface area (TPSA) is 66.5 Å². The van der Waals surface area contributed by atoms with Crippen molar-refractivity contribution in [2.45, 2.75) is 57.5 Å². The van der Waals surface area contributed by atoms with E-state index in [1.807, 2.05) is 6.92 Å². The average molecular weight is 485 g/mol. The zero-order chi connectivity index (χ0) is 24.6. The van der Waals surface area contributed by atoms with E-state index in [1.165, 1.54) is 18.2 Å². The van der Waals surface area contributed by atoms with Crippen molar-refractivity contribution < 1.29 is 26.4 Å². The van der Waals surface area contributed by atoms with Crippen LogP contribution in [-0.2, 0) is 21.0 Å². The summed E-state index contributed by atoms with van der Waals surface area (Å²) in [6, 6.07) is 9.93. The summed E-state index contributed by atoms with van der Waals surface area (Å²) >= 11 is 0. The Balaban J connectivity index is 2.35. The highest BCUT2D eigenvalue weighted by molar-refractivity contribution is 7.92. The monoisotopic (exact) mass is 484 g/mol. The molecule has 0 heterocycles. The minimum absolute atomic E-state index is 0.104. The van der Waals surface area contributed by atoms with Gasteiger partial charge in [0.05, 0.1) is 16.1 Å². The molecule has 0 bridgehead atoms. The molecule has 9 heteroatoms. The fraction of sp³-hybridized carbons (Fsp3) is 0.458. The van der Waals surface area contributed by atoms with Gasteiger partial charge in [-0.15, -0.1) is 0 Å². The lowest BCUT2D eigenvalue weighted by atomic mass is 9.99. The third kappa shape index (κ3) is 7.48. The normalized spacial score (nSPS) is 12.9. The Bertz CT molecular complexity index is 1020. The molecule has 0 aromatic heterocycles. The van der Waals surface area contributed by atoms with Gasteiger partial charge in [0.15, 0.2) is 0 Å². The fourth-order valence-electron chi connectivity index (χ4n) is 3.38. The van der Waals surface area contributed by atoms with Crippen LogP contribution in [0.4, 0.5) is 18.9 Å². The summed E-state index contributed by atoms with van der Waals surface area (Å²) in [7, 11) is -4.28. The maximum atomic E-state index is 13.3. The highest BCUT2D eigenvalue weighted by Gasteiger charge is 2.33. The van der Waals surface area contributed by atoms with Crippen LogP contribution in [0.2, 0.25) is 0 Å². The standard InChI is InChI=1S/C24H31F3N2O3S/c1-4-6-8-19(5-2)16-28-23(30)17-29(21-10-7-9-20(15-21)24(25,26)27)33(31,32)22-13-11-18(3)12-14-22/h7,9-15,19H,4-6,8,16-17H2,1-3H3,(H,28,30). The number of benzene rings is 2. The predicted octanol–water partition coefficient (Wildman–Crippen LogP) is 5.54. The Hall–Kier alpha value is -2.55. The van der Waals surface area contributed by atoms with E-state index < -0.39 is 34.2 Å². The first-order valence-electron chi connectivity index (χ1n) is 11.0. The summed E-state index contributed by atoms with van der Waals surface area (Å²) in [5.41, 5.74) is -0.385. The maximum absolute atomic E-state index is 13.3. The van der Waals surface area contributed by atoms with Gasteiger partial charge in [0, 0.05) is 6.54 Å². The number of nitrogens with zero attached hydrogens (tertiary/aromatic N) is 1. The van der Waals surface area contributed by atoms with E-state index >= 15 is 0 Å². The number of nitrogens with one attached hydrogen (secondary N) is 1. The number of halogens is 3. The Morgan fingerprint density at radius 2 is 1.76 bits per heavy atom. The lowest BCUT2D eigenvalue weighted by Crippen LogP contribution is -2.42. The van der Waals surface area contributed by atoms with Crippen LogP contribution >= 0.6 is 0 Å². The predicted molar refractivity (Wildman–Crippen MR) is 123 cm³/mol. The highest BCUT2D eigenvalue weighted by Crippen LogP contribution is 2.33. The largest absolute Gasteiger partial charge is 0.416 e. The number of aryl methyl sites for hydroxylation is 1. The molecular formula is C24H31F3N2O3S. The van der Waals surface area contributed by atoms with Gasteiger partial charge in [-0.2, -0.15) is 13.2 Å². The van der Waals surface area contributed by atoms with Crippen molar-refractivity contribution in [3.8, 4) is 0 Å². The molecular weight excluding hydrogens is 453 g/mol. The van der Waals surface area contributed by atoms with Crippen LogP contribution in [0.25, 0.3) is 0 Å². The van der Waals surface area contributed by atoms with E-state index in [0.29, 0.717) is 6.54 Å². The molecule has 0 radical (unpaired) electrons. The van der Waals surface area contributed by atoms with E-state index in [2.05, 4.69) is 12.2 Å². The van der Waals surface area contributed by atoms with Crippen molar-refractivity contribution in [2.24, 2.45) is 5.92 Å². The number of amides is 1. The molecule has 2 aromatic rings. The van der Waals surface area contributed by atoms with Crippen LogP contribution in [0.3, 0.4) is 0 Å². The zero-order valence-electron chi connectivity index (χ0n) is 19.2. The first-order valence-corrected chi connectivity index (χ1v) is 12.5. The van der Waals surface area contributed by atoms with Crippen molar-refractivity contribution in [3.63, 3.8) is 0 Å². The number of carbonyl (C=O) groups excluding carboxylic acids is 1. The van der Waals surface area contributed by atoms with Gasteiger partial charge in [-0.05, 0) is 49.6 Å². The molecule has 5 nitrogen and oxygen atoms in total. The van der Waals surface area contributed by atoms with Crippen molar-refractivity contribution in [2.75, 3.05) is 17.4 Å². The molecule has 33 heavy (non-hydrogen) atoms. The summed E-state index contributed by atoms with van der Waals surface area (Å²) in [6.45, 7) is 5.65. The van der Waals surface area contributed by atoms with Crippen molar-refractivity contribution >= 4 is 21.6 Å². The number of unbranched alkanes of at least 4 members (excludes halogenated alkanes) is 1. The van der Waals surface area contributed by atoms with Crippen LogP contribution < -0.4 is 9.62 Å². The number of rotatable bonds is 11. The summed E-state index contributed by atoms with van der Waals surface area (Å²) in [5.74, 6) is -0.317. The number of sulfonamides is 1. The fourth-order valence-corrected chi connectivity index (χ4v) is 4.79. The molecule has 0 aliphatic rings. The maximum Gasteiger partial charge on any atom is 0.416 e. The molecule has 0 fully saturated rings. The van der Waals surface area contributed by atoms with Crippen LogP contribution in [0.5, 0.6) is 0 Å². The summed E-state index contributed by atoms with van der Waals surface area (Å²) < 4.78 is 67.2. The summed E-state index contributed by atoms with van der Waals surface area (Å²) in [4.78, 5) is 12.6. The number of alkyl halides is 3. The van der Waals surface area contributed by atoms with Crippen LogP contribution in [0, 0.1) is 12.8 Å². The van der Waals surface area contributed by atoms with Gasteiger partial charge in [0.1, 0.15) is 6.54 Å². The number of hydrogen-bond donors (Lipinski definition) is 1. The minimum atomic E-state index is -4.65. The van der Waals surface area contributed by atoms with Crippen molar-refractivity contribution in [1.29, 1.82) is 0 Å². The van der Waals surface area contributed by atoms with E-state index in [1.54, 1.807) is 19.1 Å². The van der Waals surface area contributed by atoms with Gasteiger partial charge in [0.25, 0.3) is 10.0 Å². The van der Waals surface area contributed by atoms with Crippen LogP contribution in [0.1, 0.15) is 50.7 Å². The smallest absolute Gasteiger partial charge is 0.354 e. The van der Waals surface area contributed by atoms with E-state index in [-0.39, 0.29) is 16.5 Å². The molecule has 1 amide bonds. The summed E-state index contributed by atoms with van der Waals surface area (Å²) in [5, 5.41) is 2.75. The summed E-state index contributed by atoms with van der Waals surface area (Å²) in [6.07, 6.45) is -0.800. The Labute approximate surface area is 194 Å². The van der Waals surface area contributed by atoms with Gasteiger partial charge in [-0.25, -0.2) is 8.42 Å². The Morgan fingerprint density at radius 3 is 2.33 bits per heavy atom. The van der Waals surface area contributed by atoms with Gasteiger partial charge >= 0.3 is 6.18 Å². The Kier molecular flexibility index (Phi) is 9.34. The molecule has 0 aliphatic carbocycles. The number of hydrogen-bond acceptors (Lipinski definition) is 3. The molecule has 1 unspecified atom stereocenters. The number of carbonyl (C=O) groups is 1. The van der Waals surface area contributed by atoms with Gasteiger partial charge in [0.2, 0.25) is 5.91 Å². The lowest BCUT2D eigenvalue weighted by Gasteiger charge is -2.25. The van der Waals surface area contributed by atoms with Crippen LogP contribution in [-0.4, -0.2) is 27.4 Å². The van der Waals surface area contributed by atoms with E-state index in [0.717, 1.165) is 53.8 Å². The molecule has 0 saturated heterocycles. The average Bonchev–Trinajstić information content (AvgIpc) is 2.77. The molecule has 0 aliphatic heterocycles. The van der Waals surface area contributed by atoms with E-state index in [4.69, 9.17) is 0 Å². The first-order chi connectivity index (χ1) is 15.5. The van der Waals surface area contributed by atoms with Gasteiger partial charge in [-0.3, -0.25) is 9.10 Å². The second kappa shape index (κ2) is 11.5. The molecule has 182 valence electrons. The molecule has 2 aromatic carbocycles. The molecule has 2 rings (SSSR count).